The summed E-state index contributed by atoms with van der Waals surface area (Å²) in [6.45, 7) is 0. The van der Waals surface area contributed by atoms with Crippen LogP contribution in [0.15, 0.2) is 36.2 Å². The van der Waals surface area contributed by atoms with Gasteiger partial charge in [0.25, 0.3) is 0 Å². The van der Waals surface area contributed by atoms with Crippen LogP contribution in [0.2, 0.25) is 0 Å². The van der Waals surface area contributed by atoms with E-state index in [9.17, 15) is 4.79 Å². The maximum absolute atomic E-state index is 12.7. The van der Waals surface area contributed by atoms with Gasteiger partial charge >= 0.3 is 0 Å². The molecule has 140 valence electrons. The molecule has 1 aliphatic rings. The van der Waals surface area contributed by atoms with Crippen molar-refractivity contribution < 1.29 is 4.79 Å². The zero-order chi connectivity index (χ0) is 18.8. The van der Waals surface area contributed by atoms with Crippen molar-refractivity contribution in [2.75, 3.05) is 19.4 Å². The van der Waals surface area contributed by atoms with Gasteiger partial charge in [-0.05, 0) is 57.3 Å². The average Bonchev–Trinajstić information content (AvgIpc) is 3.22. The van der Waals surface area contributed by atoms with Gasteiger partial charge < -0.3 is 10.2 Å². The topological polar surface area (TPSA) is 71.0 Å². The van der Waals surface area contributed by atoms with Crippen molar-refractivity contribution >= 4 is 33.8 Å². The SMILES string of the molecule is CN(C)C1CCC(C(=O)Nc2cc3cc(-c4cncs4)ncc3cn2)CC1. The van der Waals surface area contributed by atoms with Crippen molar-refractivity contribution in [3.63, 3.8) is 0 Å². The van der Waals surface area contributed by atoms with Gasteiger partial charge in [0.15, 0.2) is 0 Å². The van der Waals surface area contributed by atoms with E-state index in [-0.39, 0.29) is 11.8 Å². The van der Waals surface area contributed by atoms with Crippen LogP contribution in [-0.4, -0.2) is 45.9 Å². The fraction of sp³-hybridized carbons (Fsp3) is 0.400. The molecule has 0 radical (unpaired) electrons. The molecule has 6 nitrogen and oxygen atoms in total. The Bertz CT molecular complexity index is 933. The number of rotatable bonds is 4. The van der Waals surface area contributed by atoms with Crippen LogP contribution in [0.1, 0.15) is 25.7 Å². The fourth-order valence-electron chi connectivity index (χ4n) is 3.67. The minimum Gasteiger partial charge on any atom is -0.310 e. The summed E-state index contributed by atoms with van der Waals surface area (Å²) in [5, 5.41) is 4.97. The molecule has 7 heteroatoms. The van der Waals surface area contributed by atoms with Crippen LogP contribution in [0.3, 0.4) is 0 Å². The number of pyridine rings is 2. The van der Waals surface area contributed by atoms with Crippen LogP contribution in [0.5, 0.6) is 0 Å². The molecule has 0 atom stereocenters. The molecule has 0 bridgehead atoms. The van der Waals surface area contributed by atoms with Crippen molar-refractivity contribution in [3.05, 3.63) is 36.2 Å². The number of hydrogen-bond acceptors (Lipinski definition) is 6. The number of fused-ring (bicyclic) bond motifs is 1. The van der Waals surface area contributed by atoms with Crippen LogP contribution in [-0.2, 0) is 4.79 Å². The molecular formula is C20H23N5OS. The first-order valence-corrected chi connectivity index (χ1v) is 10.1. The molecule has 4 rings (SSSR count). The van der Waals surface area contributed by atoms with Gasteiger partial charge in [-0.2, -0.15) is 0 Å². The van der Waals surface area contributed by atoms with E-state index in [2.05, 4.69) is 39.3 Å². The van der Waals surface area contributed by atoms with Gasteiger partial charge in [0, 0.05) is 35.9 Å². The summed E-state index contributed by atoms with van der Waals surface area (Å²) in [7, 11) is 4.22. The largest absolute Gasteiger partial charge is 0.310 e. The van der Waals surface area contributed by atoms with Crippen LogP contribution in [0.25, 0.3) is 21.3 Å². The van der Waals surface area contributed by atoms with Gasteiger partial charge in [-0.1, -0.05) is 0 Å². The van der Waals surface area contributed by atoms with E-state index in [1.165, 1.54) is 0 Å². The van der Waals surface area contributed by atoms with Gasteiger partial charge in [0.1, 0.15) is 5.82 Å². The highest BCUT2D eigenvalue weighted by molar-refractivity contribution is 7.13. The van der Waals surface area contributed by atoms with E-state index < -0.39 is 0 Å². The summed E-state index contributed by atoms with van der Waals surface area (Å²) in [5.41, 5.74) is 2.68. The Balaban J connectivity index is 1.48. The number of thiazole rings is 1. The molecule has 3 aromatic rings. The number of carbonyl (C=O) groups excluding carboxylic acids is 1. The Labute approximate surface area is 162 Å². The molecule has 1 aliphatic carbocycles. The molecule has 0 saturated heterocycles. The van der Waals surface area contributed by atoms with E-state index in [0.717, 1.165) is 47.0 Å². The molecule has 1 fully saturated rings. The van der Waals surface area contributed by atoms with Gasteiger partial charge in [-0.3, -0.25) is 14.8 Å². The number of carbonyl (C=O) groups is 1. The monoisotopic (exact) mass is 381 g/mol. The van der Waals surface area contributed by atoms with Crippen molar-refractivity contribution in [1.82, 2.24) is 19.9 Å². The van der Waals surface area contributed by atoms with Gasteiger partial charge in [-0.15, -0.1) is 11.3 Å². The third-order valence-electron chi connectivity index (χ3n) is 5.34. The Morgan fingerprint density at radius 3 is 2.56 bits per heavy atom. The highest BCUT2D eigenvalue weighted by Gasteiger charge is 2.27. The van der Waals surface area contributed by atoms with E-state index in [1.54, 1.807) is 23.0 Å². The second kappa shape index (κ2) is 7.70. The fourth-order valence-corrected chi connectivity index (χ4v) is 4.26. The number of anilines is 1. The first kappa shape index (κ1) is 18.0. The molecule has 1 amide bonds. The van der Waals surface area contributed by atoms with E-state index >= 15 is 0 Å². The zero-order valence-electron chi connectivity index (χ0n) is 15.6. The minimum absolute atomic E-state index is 0.0730. The molecule has 0 aliphatic heterocycles. The summed E-state index contributed by atoms with van der Waals surface area (Å²) in [6.07, 6.45) is 9.39. The van der Waals surface area contributed by atoms with Crippen LogP contribution in [0.4, 0.5) is 5.82 Å². The van der Waals surface area contributed by atoms with Gasteiger partial charge in [0.2, 0.25) is 5.91 Å². The van der Waals surface area contributed by atoms with Crippen molar-refractivity contribution in [2.45, 2.75) is 31.7 Å². The molecule has 3 aromatic heterocycles. The Morgan fingerprint density at radius 1 is 1.07 bits per heavy atom. The highest BCUT2D eigenvalue weighted by Crippen LogP contribution is 2.28. The van der Waals surface area contributed by atoms with Crippen LogP contribution < -0.4 is 5.32 Å². The molecule has 3 heterocycles. The van der Waals surface area contributed by atoms with Gasteiger partial charge in [0.05, 0.1) is 16.1 Å². The van der Waals surface area contributed by atoms with Crippen molar-refractivity contribution in [2.24, 2.45) is 5.92 Å². The average molecular weight is 382 g/mol. The minimum atomic E-state index is 0.0730. The number of hydrogen-bond donors (Lipinski definition) is 1. The third kappa shape index (κ3) is 3.99. The molecule has 1 saturated carbocycles. The summed E-state index contributed by atoms with van der Waals surface area (Å²) in [5.74, 6) is 0.753. The standard InChI is InChI=1S/C20H23N5OS/c1-25(2)16-5-3-13(4-6-16)20(26)24-19-8-14-7-17(18-11-21-12-27-18)22-9-15(14)10-23-19/h7-13,16H,3-6H2,1-2H3,(H,23,24,26). The van der Waals surface area contributed by atoms with Crippen molar-refractivity contribution in [1.29, 1.82) is 0 Å². The van der Waals surface area contributed by atoms with Crippen LogP contribution >= 0.6 is 11.3 Å². The predicted octanol–water partition coefficient (Wildman–Crippen LogP) is 3.81. The lowest BCUT2D eigenvalue weighted by Crippen LogP contribution is -2.35. The second-order valence-electron chi connectivity index (χ2n) is 7.31. The summed E-state index contributed by atoms with van der Waals surface area (Å²) in [6, 6.07) is 4.53. The van der Waals surface area contributed by atoms with E-state index in [4.69, 9.17) is 0 Å². The lowest BCUT2D eigenvalue weighted by molar-refractivity contribution is -0.121. The molecule has 0 unspecified atom stereocenters. The van der Waals surface area contributed by atoms with Crippen molar-refractivity contribution in [3.8, 4) is 10.6 Å². The Morgan fingerprint density at radius 2 is 1.85 bits per heavy atom. The number of nitrogens with zero attached hydrogens (tertiary/aromatic N) is 4. The quantitative estimate of drug-likeness (QED) is 0.744. The number of nitrogens with one attached hydrogen (secondary N) is 1. The highest BCUT2D eigenvalue weighted by atomic mass is 32.1. The molecular weight excluding hydrogens is 358 g/mol. The maximum atomic E-state index is 12.7. The van der Waals surface area contributed by atoms with E-state index in [1.807, 2.05) is 24.5 Å². The molecule has 1 N–H and O–H groups in total. The van der Waals surface area contributed by atoms with Crippen LogP contribution in [0, 0.1) is 5.92 Å². The lowest BCUT2D eigenvalue weighted by atomic mass is 9.85. The summed E-state index contributed by atoms with van der Waals surface area (Å²) >= 11 is 1.56. The Hall–Kier alpha value is -2.38. The summed E-state index contributed by atoms with van der Waals surface area (Å²) in [4.78, 5) is 28.9. The number of amides is 1. The Kier molecular flexibility index (Phi) is 5.13. The predicted molar refractivity (Wildman–Crippen MR) is 109 cm³/mol. The third-order valence-corrected chi connectivity index (χ3v) is 6.13. The molecule has 27 heavy (non-hydrogen) atoms. The lowest BCUT2D eigenvalue weighted by Gasteiger charge is -2.31. The van der Waals surface area contributed by atoms with Gasteiger partial charge in [-0.25, -0.2) is 4.98 Å². The maximum Gasteiger partial charge on any atom is 0.228 e. The normalized spacial score (nSPS) is 20.1. The molecule has 0 spiro atoms. The zero-order valence-corrected chi connectivity index (χ0v) is 16.4. The smallest absolute Gasteiger partial charge is 0.228 e. The second-order valence-corrected chi connectivity index (χ2v) is 8.20. The van der Waals surface area contributed by atoms with E-state index in [0.29, 0.717) is 11.9 Å². The molecule has 0 aromatic carbocycles. The number of aromatic nitrogens is 3. The first-order chi connectivity index (χ1) is 13.1. The summed E-state index contributed by atoms with van der Waals surface area (Å²) < 4.78 is 0. The first-order valence-electron chi connectivity index (χ1n) is 9.22.